The molecular formula is C20H27FN2O3. The van der Waals surface area contributed by atoms with E-state index in [1.54, 1.807) is 12.1 Å². The highest BCUT2D eigenvalue weighted by atomic mass is 19.1. The molecule has 1 N–H and O–H groups in total. The fraction of sp³-hybridized carbons (Fsp3) is 0.650. The van der Waals surface area contributed by atoms with Crippen LogP contribution in [-0.4, -0.2) is 48.4 Å². The molecule has 1 aromatic carbocycles. The second kappa shape index (κ2) is 7.62. The van der Waals surface area contributed by atoms with Crippen LogP contribution in [0.2, 0.25) is 0 Å². The lowest BCUT2D eigenvalue weighted by Crippen LogP contribution is -2.47. The molecule has 0 unspecified atom stereocenters. The Bertz CT molecular complexity index is 634. The molecule has 1 amide bonds. The third-order valence-electron chi connectivity index (χ3n) is 5.61. The zero-order chi connectivity index (χ0) is 18.0. The van der Waals surface area contributed by atoms with Gasteiger partial charge in [-0.3, -0.25) is 9.69 Å². The van der Waals surface area contributed by atoms with Gasteiger partial charge in [0.1, 0.15) is 5.82 Å². The Balaban J connectivity index is 1.27. The van der Waals surface area contributed by atoms with Crippen molar-refractivity contribution in [3.8, 4) is 0 Å². The third kappa shape index (κ3) is 4.42. The summed E-state index contributed by atoms with van der Waals surface area (Å²) >= 11 is 0. The molecule has 1 saturated heterocycles. The largest absolute Gasteiger partial charge is 0.352 e. The number of hydrogen-bond donors (Lipinski definition) is 1. The van der Waals surface area contributed by atoms with E-state index in [1.807, 2.05) is 6.07 Å². The van der Waals surface area contributed by atoms with Crippen LogP contribution in [0, 0.1) is 5.82 Å². The molecule has 0 bridgehead atoms. The molecule has 26 heavy (non-hydrogen) atoms. The molecule has 5 nitrogen and oxygen atoms in total. The van der Waals surface area contributed by atoms with Gasteiger partial charge in [0.05, 0.1) is 19.8 Å². The van der Waals surface area contributed by atoms with Crippen LogP contribution in [-0.2, 0) is 20.8 Å². The summed E-state index contributed by atoms with van der Waals surface area (Å²) in [7, 11) is 0. The van der Waals surface area contributed by atoms with E-state index in [0.29, 0.717) is 32.3 Å². The highest BCUT2D eigenvalue weighted by molar-refractivity contribution is 5.78. The molecule has 3 fully saturated rings. The van der Waals surface area contributed by atoms with Crippen molar-refractivity contribution in [2.24, 2.45) is 0 Å². The van der Waals surface area contributed by atoms with Gasteiger partial charge in [-0.2, -0.15) is 0 Å². The smallest absolute Gasteiger partial charge is 0.234 e. The predicted molar refractivity (Wildman–Crippen MR) is 94.9 cm³/mol. The molecule has 3 aliphatic rings. The maximum Gasteiger partial charge on any atom is 0.234 e. The van der Waals surface area contributed by atoms with E-state index >= 15 is 0 Å². The first-order valence-electron chi connectivity index (χ1n) is 9.68. The van der Waals surface area contributed by atoms with Crippen LogP contribution in [0.5, 0.6) is 0 Å². The molecule has 6 heteroatoms. The first-order chi connectivity index (χ1) is 12.6. The standard InChI is InChI=1S/C20H27FN2O3/c21-16-3-1-2-15(12-16)13-23(18-4-5-18)14-19(24)22-17-6-8-20(9-7-17)25-10-11-26-20/h1-3,12,17-18H,4-11,13-14H2,(H,22,24). The van der Waals surface area contributed by atoms with Crippen LogP contribution < -0.4 is 5.32 Å². The van der Waals surface area contributed by atoms with Crippen molar-refractivity contribution in [2.45, 2.75) is 62.9 Å². The molecule has 1 aromatic rings. The number of carbonyl (C=O) groups is 1. The second-order valence-electron chi connectivity index (χ2n) is 7.72. The van der Waals surface area contributed by atoms with Gasteiger partial charge < -0.3 is 14.8 Å². The van der Waals surface area contributed by atoms with E-state index in [2.05, 4.69) is 10.2 Å². The highest BCUT2D eigenvalue weighted by Crippen LogP contribution is 2.35. The summed E-state index contributed by atoms with van der Waals surface area (Å²) in [5, 5.41) is 3.17. The van der Waals surface area contributed by atoms with Gasteiger partial charge in [-0.25, -0.2) is 4.39 Å². The Morgan fingerprint density at radius 1 is 1.19 bits per heavy atom. The summed E-state index contributed by atoms with van der Waals surface area (Å²) in [4.78, 5) is 14.7. The fourth-order valence-corrected chi connectivity index (χ4v) is 4.07. The Hall–Kier alpha value is -1.50. The molecular weight excluding hydrogens is 335 g/mol. The quantitative estimate of drug-likeness (QED) is 0.845. The fourth-order valence-electron chi connectivity index (χ4n) is 4.07. The Morgan fingerprint density at radius 3 is 2.58 bits per heavy atom. The Labute approximate surface area is 153 Å². The number of halogens is 1. The Kier molecular flexibility index (Phi) is 5.25. The molecule has 0 aromatic heterocycles. The number of nitrogens with zero attached hydrogens (tertiary/aromatic N) is 1. The topological polar surface area (TPSA) is 50.8 Å². The minimum absolute atomic E-state index is 0.0579. The van der Waals surface area contributed by atoms with Gasteiger partial charge in [0.15, 0.2) is 5.79 Å². The van der Waals surface area contributed by atoms with E-state index in [-0.39, 0.29) is 17.8 Å². The monoisotopic (exact) mass is 362 g/mol. The van der Waals surface area contributed by atoms with Crippen molar-refractivity contribution in [2.75, 3.05) is 19.8 Å². The van der Waals surface area contributed by atoms with Crippen molar-refractivity contribution >= 4 is 5.91 Å². The van der Waals surface area contributed by atoms with Gasteiger partial charge in [0, 0.05) is 31.5 Å². The van der Waals surface area contributed by atoms with Crippen LogP contribution in [0.3, 0.4) is 0 Å². The summed E-state index contributed by atoms with van der Waals surface area (Å²) in [6.07, 6.45) is 5.69. The van der Waals surface area contributed by atoms with E-state index in [0.717, 1.165) is 44.1 Å². The van der Waals surface area contributed by atoms with Crippen LogP contribution >= 0.6 is 0 Å². The SMILES string of the molecule is O=C(CN(Cc1cccc(F)c1)C1CC1)NC1CCC2(CC1)OCCO2. The van der Waals surface area contributed by atoms with Crippen molar-refractivity contribution in [3.63, 3.8) is 0 Å². The first kappa shape index (κ1) is 17.9. The highest BCUT2D eigenvalue weighted by Gasteiger charge is 2.40. The molecule has 0 radical (unpaired) electrons. The van der Waals surface area contributed by atoms with Crippen LogP contribution in [0.4, 0.5) is 4.39 Å². The van der Waals surface area contributed by atoms with Gasteiger partial charge >= 0.3 is 0 Å². The number of nitrogens with one attached hydrogen (secondary N) is 1. The third-order valence-corrected chi connectivity index (χ3v) is 5.61. The first-order valence-corrected chi connectivity index (χ1v) is 9.68. The molecule has 1 aliphatic heterocycles. The average Bonchev–Trinajstić information content (AvgIpc) is 3.37. The van der Waals surface area contributed by atoms with Crippen molar-refractivity contribution in [1.29, 1.82) is 0 Å². The lowest BCUT2D eigenvalue weighted by molar-refractivity contribution is -0.180. The van der Waals surface area contributed by atoms with Gasteiger partial charge in [-0.05, 0) is 43.4 Å². The van der Waals surface area contributed by atoms with Crippen LogP contribution in [0.15, 0.2) is 24.3 Å². The number of amides is 1. The maximum atomic E-state index is 13.4. The number of hydrogen-bond acceptors (Lipinski definition) is 4. The number of rotatable bonds is 6. The van der Waals surface area contributed by atoms with E-state index in [1.165, 1.54) is 6.07 Å². The molecule has 4 rings (SSSR count). The zero-order valence-electron chi connectivity index (χ0n) is 15.1. The molecule has 142 valence electrons. The molecule has 0 atom stereocenters. The number of ether oxygens (including phenoxy) is 2. The summed E-state index contributed by atoms with van der Waals surface area (Å²) < 4.78 is 24.9. The van der Waals surface area contributed by atoms with E-state index < -0.39 is 5.79 Å². The molecule has 1 spiro atoms. The van der Waals surface area contributed by atoms with E-state index in [4.69, 9.17) is 9.47 Å². The van der Waals surface area contributed by atoms with Crippen molar-refractivity contribution in [1.82, 2.24) is 10.2 Å². The van der Waals surface area contributed by atoms with Crippen LogP contribution in [0.25, 0.3) is 0 Å². The number of carbonyl (C=O) groups excluding carboxylic acids is 1. The maximum absolute atomic E-state index is 13.4. The summed E-state index contributed by atoms with van der Waals surface area (Å²) in [6.45, 7) is 2.34. The van der Waals surface area contributed by atoms with Crippen molar-refractivity contribution < 1.29 is 18.7 Å². The minimum atomic E-state index is -0.390. The Morgan fingerprint density at radius 2 is 1.92 bits per heavy atom. The lowest BCUT2D eigenvalue weighted by Gasteiger charge is -2.35. The summed E-state index contributed by atoms with van der Waals surface area (Å²) in [5.41, 5.74) is 0.917. The zero-order valence-corrected chi connectivity index (χ0v) is 15.1. The molecule has 1 heterocycles. The predicted octanol–water partition coefficient (Wildman–Crippen LogP) is 2.59. The van der Waals surface area contributed by atoms with Gasteiger partial charge in [0.2, 0.25) is 5.91 Å². The molecule has 2 aliphatic carbocycles. The molecule has 2 saturated carbocycles. The van der Waals surface area contributed by atoms with Gasteiger partial charge in [-0.1, -0.05) is 12.1 Å². The van der Waals surface area contributed by atoms with Gasteiger partial charge in [-0.15, -0.1) is 0 Å². The number of benzene rings is 1. The second-order valence-corrected chi connectivity index (χ2v) is 7.72. The normalized spacial score (nSPS) is 22.8. The van der Waals surface area contributed by atoms with E-state index in [9.17, 15) is 9.18 Å². The summed E-state index contributed by atoms with van der Waals surface area (Å²) in [6, 6.07) is 7.27. The lowest BCUT2D eigenvalue weighted by atomic mass is 9.90. The summed E-state index contributed by atoms with van der Waals surface area (Å²) in [5.74, 6) is -0.559. The van der Waals surface area contributed by atoms with Crippen LogP contribution in [0.1, 0.15) is 44.1 Å². The van der Waals surface area contributed by atoms with Gasteiger partial charge in [0.25, 0.3) is 0 Å². The minimum Gasteiger partial charge on any atom is -0.352 e. The average molecular weight is 362 g/mol. The van der Waals surface area contributed by atoms with Crippen molar-refractivity contribution in [3.05, 3.63) is 35.6 Å².